The maximum atomic E-state index is 12.9. The van der Waals surface area contributed by atoms with Crippen LogP contribution in [0, 0.1) is 12.7 Å². The number of benzene rings is 1. The highest BCUT2D eigenvalue weighted by Crippen LogP contribution is 2.19. The van der Waals surface area contributed by atoms with Gasteiger partial charge < -0.3 is 5.73 Å². The van der Waals surface area contributed by atoms with E-state index in [9.17, 15) is 12.8 Å². The Labute approximate surface area is 109 Å². The lowest BCUT2D eigenvalue weighted by Gasteiger charge is -2.08. The molecule has 8 heteroatoms. The summed E-state index contributed by atoms with van der Waals surface area (Å²) >= 11 is 0. The van der Waals surface area contributed by atoms with Crippen molar-refractivity contribution in [2.24, 2.45) is 0 Å². The summed E-state index contributed by atoms with van der Waals surface area (Å²) in [7, 11) is -3.78. The van der Waals surface area contributed by atoms with Gasteiger partial charge in [0.2, 0.25) is 10.0 Å². The summed E-state index contributed by atoms with van der Waals surface area (Å²) in [6.45, 7) is 1.87. The van der Waals surface area contributed by atoms with E-state index in [4.69, 9.17) is 5.73 Å². The van der Waals surface area contributed by atoms with Gasteiger partial charge in [-0.05, 0) is 25.1 Å². The molecule has 0 radical (unpaired) electrons. The molecule has 0 atom stereocenters. The first kappa shape index (κ1) is 13.5. The number of aryl methyl sites for hydroxylation is 1. The average Bonchev–Trinajstić information content (AvgIpc) is 2.72. The van der Waals surface area contributed by atoms with Crippen LogP contribution in [0.2, 0.25) is 0 Å². The fourth-order valence-corrected chi connectivity index (χ4v) is 2.69. The minimum absolute atomic E-state index is 0.0848. The SMILES string of the molecule is Cc1[nH]ncc1CNS(=O)(=O)c1ccc(F)cc1N. The lowest BCUT2D eigenvalue weighted by Crippen LogP contribution is -2.24. The quantitative estimate of drug-likeness (QED) is 0.727. The van der Waals surface area contributed by atoms with Crippen LogP contribution in [-0.4, -0.2) is 18.6 Å². The Morgan fingerprint density at radius 2 is 2.21 bits per heavy atom. The van der Waals surface area contributed by atoms with Gasteiger partial charge in [0.25, 0.3) is 0 Å². The van der Waals surface area contributed by atoms with Crippen LogP contribution in [-0.2, 0) is 16.6 Å². The summed E-state index contributed by atoms with van der Waals surface area (Å²) in [5.41, 5.74) is 6.88. The number of nitrogens with two attached hydrogens (primary N) is 1. The van der Waals surface area contributed by atoms with Gasteiger partial charge >= 0.3 is 0 Å². The highest BCUT2D eigenvalue weighted by molar-refractivity contribution is 7.89. The van der Waals surface area contributed by atoms with E-state index in [1.807, 2.05) is 0 Å². The molecule has 102 valence electrons. The zero-order valence-corrected chi connectivity index (χ0v) is 11.0. The summed E-state index contributed by atoms with van der Waals surface area (Å²) in [5, 5.41) is 6.49. The van der Waals surface area contributed by atoms with Gasteiger partial charge in [-0.1, -0.05) is 0 Å². The average molecular weight is 284 g/mol. The number of nitrogens with zero attached hydrogens (tertiary/aromatic N) is 1. The normalized spacial score (nSPS) is 11.7. The van der Waals surface area contributed by atoms with E-state index in [1.54, 1.807) is 6.92 Å². The third-order valence-electron chi connectivity index (χ3n) is 2.65. The largest absolute Gasteiger partial charge is 0.398 e. The van der Waals surface area contributed by atoms with Crippen molar-refractivity contribution in [2.75, 3.05) is 5.73 Å². The smallest absolute Gasteiger partial charge is 0.242 e. The highest BCUT2D eigenvalue weighted by atomic mass is 32.2. The predicted molar refractivity (Wildman–Crippen MR) is 68.2 cm³/mol. The molecular weight excluding hydrogens is 271 g/mol. The third kappa shape index (κ3) is 2.91. The zero-order valence-electron chi connectivity index (χ0n) is 10.1. The lowest BCUT2D eigenvalue weighted by molar-refractivity contribution is 0.581. The molecule has 0 unspecified atom stereocenters. The molecule has 0 saturated heterocycles. The molecule has 0 amide bonds. The molecule has 0 fully saturated rings. The van der Waals surface area contributed by atoms with Crippen LogP contribution in [0.25, 0.3) is 0 Å². The molecule has 0 aliphatic heterocycles. The van der Waals surface area contributed by atoms with E-state index in [1.165, 1.54) is 6.20 Å². The van der Waals surface area contributed by atoms with Gasteiger partial charge in [-0.25, -0.2) is 17.5 Å². The molecular formula is C11H13FN4O2S. The Morgan fingerprint density at radius 1 is 1.47 bits per heavy atom. The molecule has 0 aliphatic carbocycles. The van der Waals surface area contributed by atoms with Crippen molar-refractivity contribution in [3.05, 3.63) is 41.5 Å². The first-order chi connectivity index (χ1) is 8.90. The molecule has 2 aromatic rings. The second-order valence-corrected chi connectivity index (χ2v) is 5.76. The molecule has 4 N–H and O–H groups in total. The number of sulfonamides is 1. The van der Waals surface area contributed by atoms with E-state index in [0.29, 0.717) is 0 Å². The fraction of sp³-hybridized carbons (Fsp3) is 0.182. The Morgan fingerprint density at radius 3 is 2.79 bits per heavy atom. The molecule has 1 heterocycles. The van der Waals surface area contributed by atoms with Crippen LogP contribution in [0.1, 0.15) is 11.3 Å². The number of halogens is 1. The standard InChI is InChI=1S/C11H13FN4O2S/c1-7-8(5-14-16-7)6-15-19(17,18)11-3-2-9(12)4-10(11)13/h2-5,15H,6,13H2,1H3,(H,14,16). The van der Waals surface area contributed by atoms with Crippen LogP contribution < -0.4 is 10.5 Å². The molecule has 2 rings (SSSR count). The van der Waals surface area contributed by atoms with Gasteiger partial charge in [0, 0.05) is 17.8 Å². The number of hydrogen-bond donors (Lipinski definition) is 3. The Kier molecular flexibility index (Phi) is 3.54. The van der Waals surface area contributed by atoms with Crippen molar-refractivity contribution in [1.29, 1.82) is 0 Å². The van der Waals surface area contributed by atoms with Gasteiger partial charge in [0.1, 0.15) is 10.7 Å². The van der Waals surface area contributed by atoms with Crippen molar-refractivity contribution in [1.82, 2.24) is 14.9 Å². The molecule has 1 aromatic heterocycles. The Balaban J connectivity index is 2.21. The van der Waals surface area contributed by atoms with Crippen molar-refractivity contribution >= 4 is 15.7 Å². The predicted octanol–water partition coefficient (Wildman–Crippen LogP) is 0.918. The van der Waals surface area contributed by atoms with Gasteiger partial charge in [0.05, 0.1) is 11.9 Å². The lowest BCUT2D eigenvalue weighted by atomic mass is 10.3. The van der Waals surface area contributed by atoms with Crippen LogP contribution in [0.4, 0.5) is 10.1 Å². The number of nitrogen functional groups attached to an aromatic ring is 1. The van der Waals surface area contributed by atoms with E-state index >= 15 is 0 Å². The van der Waals surface area contributed by atoms with Gasteiger partial charge in [-0.3, -0.25) is 5.10 Å². The minimum atomic E-state index is -3.78. The maximum Gasteiger partial charge on any atom is 0.242 e. The topological polar surface area (TPSA) is 101 Å². The Bertz CT molecular complexity index is 696. The molecule has 0 spiro atoms. The second-order valence-electron chi connectivity index (χ2n) is 4.03. The molecule has 6 nitrogen and oxygen atoms in total. The molecule has 1 aromatic carbocycles. The zero-order chi connectivity index (χ0) is 14.0. The number of rotatable bonds is 4. The number of nitrogens with one attached hydrogen (secondary N) is 2. The van der Waals surface area contributed by atoms with E-state index in [0.717, 1.165) is 29.5 Å². The number of aromatic nitrogens is 2. The summed E-state index contributed by atoms with van der Waals surface area (Å²) in [6.07, 6.45) is 1.53. The molecule has 0 saturated carbocycles. The van der Waals surface area contributed by atoms with Crippen LogP contribution in [0.3, 0.4) is 0 Å². The second kappa shape index (κ2) is 4.98. The maximum absolute atomic E-state index is 12.9. The first-order valence-electron chi connectivity index (χ1n) is 5.43. The van der Waals surface area contributed by atoms with E-state index in [-0.39, 0.29) is 17.1 Å². The number of hydrogen-bond acceptors (Lipinski definition) is 4. The third-order valence-corrected chi connectivity index (χ3v) is 4.12. The van der Waals surface area contributed by atoms with Gasteiger partial charge in [-0.15, -0.1) is 0 Å². The molecule has 0 bridgehead atoms. The number of H-pyrrole nitrogens is 1. The minimum Gasteiger partial charge on any atom is -0.398 e. The molecule has 0 aliphatic rings. The number of anilines is 1. The summed E-state index contributed by atoms with van der Waals surface area (Å²) in [4.78, 5) is -0.143. The van der Waals surface area contributed by atoms with Crippen molar-refractivity contribution in [3.8, 4) is 0 Å². The monoisotopic (exact) mass is 284 g/mol. The Hall–Kier alpha value is -1.93. The number of aromatic amines is 1. The van der Waals surface area contributed by atoms with Crippen molar-refractivity contribution < 1.29 is 12.8 Å². The summed E-state index contributed by atoms with van der Waals surface area (Å²) < 4.78 is 39.3. The van der Waals surface area contributed by atoms with Crippen LogP contribution in [0.15, 0.2) is 29.3 Å². The van der Waals surface area contributed by atoms with Crippen LogP contribution >= 0.6 is 0 Å². The summed E-state index contributed by atoms with van der Waals surface area (Å²) in [5.74, 6) is -0.581. The van der Waals surface area contributed by atoms with E-state index < -0.39 is 15.8 Å². The molecule has 19 heavy (non-hydrogen) atoms. The van der Waals surface area contributed by atoms with Gasteiger partial charge in [-0.2, -0.15) is 5.10 Å². The van der Waals surface area contributed by atoms with Gasteiger partial charge in [0.15, 0.2) is 0 Å². The first-order valence-corrected chi connectivity index (χ1v) is 6.92. The van der Waals surface area contributed by atoms with E-state index in [2.05, 4.69) is 14.9 Å². The van der Waals surface area contributed by atoms with Crippen LogP contribution in [0.5, 0.6) is 0 Å². The van der Waals surface area contributed by atoms with Crippen molar-refractivity contribution in [3.63, 3.8) is 0 Å². The fourth-order valence-electron chi connectivity index (χ4n) is 1.57. The highest BCUT2D eigenvalue weighted by Gasteiger charge is 2.18. The summed E-state index contributed by atoms with van der Waals surface area (Å²) in [6, 6.07) is 3.15. The van der Waals surface area contributed by atoms with Crippen molar-refractivity contribution in [2.45, 2.75) is 18.4 Å².